The number of hydrogen-bond donors (Lipinski definition) is 5. The SMILES string of the molecule is [11CH3]SCC[C@H](NC(=O)N[C@@H](CCC(=O)O)C(=O)O)C(=O)O. The summed E-state index contributed by atoms with van der Waals surface area (Å²) in [6, 6.07) is -3.48. The molecule has 5 N–H and O–H groups in total. The minimum atomic E-state index is -1.39. The molecule has 0 rings (SSSR count). The minimum absolute atomic E-state index is 0.191. The van der Waals surface area contributed by atoms with Crippen molar-refractivity contribution in [2.24, 2.45) is 0 Å². The van der Waals surface area contributed by atoms with Gasteiger partial charge in [0.25, 0.3) is 0 Å². The number of carboxylic acid groups (broad SMARTS) is 3. The van der Waals surface area contributed by atoms with Crippen LogP contribution in [0.3, 0.4) is 0 Å². The van der Waals surface area contributed by atoms with Crippen LogP contribution < -0.4 is 10.6 Å². The first-order valence-corrected chi connectivity index (χ1v) is 7.40. The van der Waals surface area contributed by atoms with Crippen LogP contribution in [-0.4, -0.2) is 63.4 Å². The zero-order valence-corrected chi connectivity index (χ0v) is 12.2. The number of hydrogen-bond acceptors (Lipinski definition) is 5. The van der Waals surface area contributed by atoms with Gasteiger partial charge in [0.1, 0.15) is 12.1 Å². The molecule has 2 atom stereocenters. The molecule has 0 heterocycles. The molecular weight excluding hydrogens is 303 g/mol. The number of urea groups is 1. The Labute approximate surface area is 125 Å². The molecule has 0 aromatic rings. The molecular formula is C11H18N2O7S. The fourth-order valence-corrected chi connectivity index (χ4v) is 1.85. The smallest absolute Gasteiger partial charge is 0.326 e. The zero-order chi connectivity index (χ0) is 16.4. The Balaban J connectivity index is 4.49. The Morgan fingerprint density at radius 1 is 0.952 bits per heavy atom. The van der Waals surface area contributed by atoms with E-state index >= 15 is 0 Å². The lowest BCUT2D eigenvalue weighted by Gasteiger charge is -2.18. The third-order valence-corrected chi connectivity index (χ3v) is 3.11. The highest BCUT2D eigenvalue weighted by Crippen LogP contribution is 2.02. The van der Waals surface area contributed by atoms with Crippen LogP contribution in [0.25, 0.3) is 0 Å². The van der Waals surface area contributed by atoms with Crippen LogP contribution in [0.5, 0.6) is 0 Å². The van der Waals surface area contributed by atoms with E-state index in [-0.39, 0.29) is 12.8 Å². The van der Waals surface area contributed by atoms with Gasteiger partial charge in [0, 0.05) is 6.42 Å². The maximum Gasteiger partial charge on any atom is 0.326 e. The summed E-state index contributed by atoms with van der Waals surface area (Å²) in [6.07, 6.45) is 1.26. The van der Waals surface area contributed by atoms with E-state index < -0.39 is 42.4 Å². The molecule has 21 heavy (non-hydrogen) atoms. The van der Waals surface area contributed by atoms with Gasteiger partial charge < -0.3 is 26.0 Å². The van der Waals surface area contributed by atoms with E-state index in [0.29, 0.717) is 5.75 Å². The van der Waals surface area contributed by atoms with Crippen LogP contribution in [0.1, 0.15) is 19.3 Å². The van der Waals surface area contributed by atoms with Crippen LogP contribution in [0.15, 0.2) is 0 Å². The molecule has 0 radical (unpaired) electrons. The van der Waals surface area contributed by atoms with E-state index in [1.807, 2.05) is 0 Å². The van der Waals surface area contributed by atoms with Gasteiger partial charge in [-0.15, -0.1) is 0 Å². The van der Waals surface area contributed by atoms with Crippen molar-refractivity contribution in [1.29, 1.82) is 0 Å². The molecule has 0 saturated carbocycles. The molecule has 2 amide bonds. The topological polar surface area (TPSA) is 153 Å². The van der Waals surface area contributed by atoms with Gasteiger partial charge in [-0.25, -0.2) is 14.4 Å². The Hall–Kier alpha value is -1.97. The van der Waals surface area contributed by atoms with Gasteiger partial charge in [0.15, 0.2) is 0 Å². The highest BCUT2D eigenvalue weighted by atomic mass is 32.2. The number of nitrogens with one attached hydrogen (secondary N) is 2. The van der Waals surface area contributed by atoms with Gasteiger partial charge >= 0.3 is 23.9 Å². The Morgan fingerprint density at radius 2 is 1.43 bits per heavy atom. The second kappa shape index (κ2) is 9.86. The number of carbonyl (C=O) groups excluding carboxylic acids is 1. The number of thioether (sulfide) groups is 1. The second-order valence-electron chi connectivity index (χ2n) is 4.11. The molecule has 0 aliphatic carbocycles. The Bertz CT molecular complexity index is 402. The summed E-state index contributed by atoms with van der Waals surface area (Å²) in [5.41, 5.74) is 0. The van der Waals surface area contributed by atoms with E-state index in [1.165, 1.54) is 11.8 Å². The van der Waals surface area contributed by atoms with E-state index in [0.717, 1.165) is 0 Å². The third kappa shape index (κ3) is 8.74. The highest BCUT2D eigenvalue weighted by Gasteiger charge is 2.24. The molecule has 120 valence electrons. The zero-order valence-electron chi connectivity index (χ0n) is 11.4. The number of carbonyl (C=O) groups is 4. The van der Waals surface area contributed by atoms with Gasteiger partial charge in [-0.05, 0) is 24.9 Å². The summed E-state index contributed by atoms with van der Waals surface area (Å²) >= 11 is 1.41. The fourth-order valence-electron chi connectivity index (χ4n) is 1.38. The summed E-state index contributed by atoms with van der Waals surface area (Å²) in [5.74, 6) is -3.29. The molecule has 0 unspecified atom stereocenters. The quantitative estimate of drug-likeness (QED) is 0.371. The van der Waals surface area contributed by atoms with Gasteiger partial charge in [-0.3, -0.25) is 4.79 Å². The molecule has 0 spiro atoms. The lowest BCUT2D eigenvalue weighted by molar-refractivity contribution is -0.140. The Kier molecular flexibility index (Phi) is 8.93. The van der Waals surface area contributed by atoms with Gasteiger partial charge in [-0.2, -0.15) is 11.8 Å². The first kappa shape index (κ1) is 19.0. The summed E-state index contributed by atoms with van der Waals surface area (Å²) in [5, 5.41) is 30.5. The van der Waals surface area contributed by atoms with Crippen molar-refractivity contribution < 1.29 is 34.5 Å². The third-order valence-electron chi connectivity index (χ3n) is 2.46. The van der Waals surface area contributed by atoms with Crippen LogP contribution in [0, 0.1) is 0 Å². The van der Waals surface area contributed by atoms with Crippen LogP contribution in [0.4, 0.5) is 4.79 Å². The molecule has 0 aromatic carbocycles. The predicted octanol–water partition coefficient (Wildman–Crippen LogP) is -0.190. The van der Waals surface area contributed by atoms with Crippen molar-refractivity contribution >= 4 is 35.7 Å². The normalized spacial score (nSPS) is 13.0. The summed E-state index contributed by atoms with van der Waals surface area (Å²) in [6.45, 7) is 0. The van der Waals surface area contributed by atoms with Crippen molar-refractivity contribution in [2.45, 2.75) is 31.3 Å². The summed E-state index contributed by atoms with van der Waals surface area (Å²) in [4.78, 5) is 43.8. The second-order valence-corrected chi connectivity index (χ2v) is 5.10. The molecule has 0 aromatic heterocycles. The fraction of sp³-hybridized carbons (Fsp3) is 0.636. The standard InChI is InChI=1S/C11H18N2O7S/c1-21-5-4-7(10(18)19)13-11(20)12-6(9(16)17)2-3-8(14)15/h6-7H,2-5H2,1H3,(H,14,15)(H,16,17)(H,18,19)(H2,12,13,20)/t6-,7-/m0/s1/i1-1. The molecule has 0 fully saturated rings. The average molecular weight is 321 g/mol. The largest absolute Gasteiger partial charge is 0.481 e. The first-order valence-electron chi connectivity index (χ1n) is 6.01. The van der Waals surface area contributed by atoms with Crippen LogP contribution in [0.2, 0.25) is 0 Å². The molecule has 9 nitrogen and oxygen atoms in total. The van der Waals surface area contributed by atoms with E-state index in [2.05, 4.69) is 10.6 Å². The molecule has 0 saturated heterocycles. The number of rotatable bonds is 10. The van der Waals surface area contributed by atoms with Gasteiger partial charge in [0.05, 0.1) is 0 Å². The number of carboxylic acids is 3. The highest BCUT2D eigenvalue weighted by molar-refractivity contribution is 7.98. The molecule has 0 aliphatic heterocycles. The average Bonchev–Trinajstić information content (AvgIpc) is 2.38. The van der Waals surface area contributed by atoms with Crippen molar-refractivity contribution in [3.05, 3.63) is 0 Å². The van der Waals surface area contributed by atoms with Crippen molar-refractivity contribution in [3.63, 3.8) is 0 Å². The summed E-state index contributed by atoms with van der Waals surface area (Å²) < 4.78 is 0. The van der Waals surface area contributed by atoms with E-state index in [9.17, 15) is 19.2 Å². The maximum atomic E-state index is 11.6. The van der Waals surface area contributed by atoms with Crippen LogP contribution in [-0.2, 0) is 14.4 Å². The Morgan fingerprint density at radius 3 is 1.81 bits per heavy atom. The maximum absolute atomic E-state index is 11.6. The first-order chi connectivity index (χ1) is 9.77. The monoisotopic (exact) mass is 321 g/mol. The van der Waals surface area contributed by atoms with E-state index in [4.69, 9.17) is 15.3 Å². The minimum Gasteiger partial charge on any atom is -0.481 e. The van der Waals surface area contributed by atoms with Crippen molar-refractivity contribution in [1.82, 2.24) is 10.6 Å². The van der Waals surface area contributed by atoms with Crippen molar-refractivity contribution in [2.75, 3.05) is 12.0 Å². The molecule has 10 heteroatoms. The van der Waals surface area contributed by atoms with Gasteiger partial charge in [0.2, 0.25) is 0 Å². The number of aliphatic carboxylic acids is 3. The van der Waals surface area contributed by atoms with Crippen molar-refractivity contribution in [3.8, 4) is 0 Å². The number of amides is 2. The molecule has 0 bridgehead atoms. The van der Waals surface area contributed by atoms with Crippen LogP contribution >= 0.6 is 11.8 Å². The van der Waals surface area contributed by atoms with Gasteiger partial charge in [-0.1, -0.05) is 0 Å². The lowest BCUT2D eigenvalue weighted by atomic mass is 10.1. The summed E-state index contributed by atoms with van der Waals surface area (Å²) in [7, 11) is 0. The predicted molar refractivity (Wildman–Crippen MR) is 74.4 cm³/mol. The lowest BCUT2D eigenvalue weighted by Crippen LogP contribution is -2.51. The van der Waals surface area contributed by atoms with E-state index in [1.54, 1.807) is 6.26 Å². The molecule has 0 aliphatic rings.